The lowest BCUT2D eigenvalue weighted by Crippen LogP contribution is -2.02. The highest BCUT2D eigenvalue weighted by molar-refractivity contribution is 5.45. The molecule has 0 spiro atoms. The van der Waals surface area contributed by atoms with E-state index in [-0.39, 0.29) is 0 Å². The lowest BCUT2D eigenvalue weighted by molar-refractivity contribution is 1.00. The zero-order valence-corrected chi connectivity index (χ0v) is 8.27. The first-order chi connectivity index (χ1) is 6.83. The molecule has 0 aliphatic carbocycles. The van der Waals surface area contributed by atoms with Crippen LogP contribution in [0, 0.1) is 6.92 Å². The summed E-state index contributed by atoms with van der Waals surface area (Å²) in [5.74, 6) is 0. The standard InChI is InChI=1S/C12H14N2/c1-10-11(9-13)5-4-6-12(10)14-7-2-3-8-14/h2-8H,9,13H2,1H3. The van der Waals surface area contributed by atoms with E-state index in [1.54, 1.807) is 0 Å². The van der Waals surface area contributed by atoms with Crippen LogP contribution in [-0.2, 0) is 6.54 Å². The maximum absolute atomic E-state index is 5.66. The third-order valence-corrected chi connectivity index (χ3v) is 2.52. The van der Waals surface area contributed by atoms with E-state index in [2.05, 4.69) is 23.6 Å². The fourth-order valence-electron chi connectivity index (χ4n) is 1.67. The molecule has 2 rings (SSSR count). The third kappa shape index (κ3) is 1.44. The van der Waals surface area contributed by atoms with Gasteiger partial charge in [0.1, 0.15) is 0 Å². The van der Waals surface area contributed by atoms with Crippen molar-refractivity contribution in [1.29, 1.82) is 0 Å². The van der Waals surface area contributed by atoms with E-state index in [1.807, 2.05) is 30.6 Å². The summed E-state index contributed by atoms with van der Waals surface area (Å²) in [5.41, 5.74) is 9.33. The fraction of sp³-hybridized carbons (Fsp3) is 0.167. The molecule has 1 aromatic carbocycles. The van der Waals surface area contributed by atoms with Gasteiger partial charge in [0.05, 0.1) is 0 Å². The Balaban J connectivity index is 2.54. The van der Waals surface area contributed by atoms with Gasteiger partial charge in [-0.3, -0.25) is 0 Å². The molecule has 0 radical (unpaired) electrons. The van der Waals surface area contributed by atoms with Crippen molar-refractivity contribution in [1.82, 2.24) is 4.57 Å². The van der Waals surface area contributed by atoms with Crippen molar-refractivity contribution in [3.63, 3.8) is 0 Å². The second-order valence-corrected chi connectivity index (χ2v) is 3.36. The van der Waals surface area contributed by atoms with Gasteiger partial charge in [-0.2, -0.15) is 0 Å². The SMILES string of the molecule is Cc1c(CN)cccc1-n1cccc1. The Bertz CT molecular complexity index is 416. The number of nitrogens with two attached hydrogens (primary N) is 1. The molecule has 0 unspecified atom stereocenters. The highest BCUT2D eigenvalue weighted by Crippen LogP contribution is 2.17. The van der Waals surface area contributed by atoms with Crippen molar-refractivity contribution in [2.45, 2.75) is 13.5 Å². The number of rotatable bonds is 2. The predicted octanol–water partition coefficient (Wildman–Crippen LogP) is 2.24. The molecule has 2 N–H and O–H groups in total. The van der Waals surface area contributed by atoms with Gasteiger partial charge in [0.25, 0.3) is 0 Å². The predicted molar refractivity (Wildman–Crippen MR) is 58.4 cm³/mol. The largest absolute Gasteiger partial charge is 0.326 e. The molecule has 72 valence electrons. The molecular weight excluding hydrogens is 172 g/mol. The zero-order valence-electron chi connectivity index (χ0n) is 8.27. The summed E-state index contributed by atoms with van der Waals surface area (Å²) in [6, 6.07) is 10.3. The number of hydrogen-bond donors (Lipinski definition) is 1. The van der Waals surface area contributed by atoms with Gasteiger partial charge in [0, 0.05) is 24.6 Å². The molecule has 2 nitrogen and oxygen atoms in total. The zero-order chi connectivity index (χ0) is 9.97. The first-order valence-corrected chi connectivity index (χ1v) is 4.75. The molecule has 0 amide bonds. The van der Waals surface area contributed by atoms with Crippen molar-refractivity contribution in [3.05, 3.63) is 53.9 Å². The number of hydrogen-bond acceptors (Lipinski definition) is 1. The van der Waals surface area contributed by atoms with E-state index >= 15 is 0 Å². The summed E-state index contributed by atoms with van der Waals surface area (Å²) in [6.45, 7) is 2.71. The molecule has 2 aromatic rings. The maximum Gasteiger partial charge on any atom is 0.0481 e. The molecule has 0 aliphatic rings. The molecule has 1 aromatic heterocycles. The van der Waals surface area contributed by atoms with Crippen LogP contribution in [0.25, 0.3) is 5.69 Å². The first-order valence-electron chi connectivity index (χ1n) is 4.75. The Kier molecular flexibility index (Phi) is 2.37. The summed E-state index contributed by atoms with van der Waals surface area (Å²) in [5, 5.41) is 0. The van der Waals surface area contributed by atoms with Gasteiger partial charge in [-0.1, -0.05) is 12.1 Å². The Morgan fingerprint density at radius 3 is 2.50 bits per heavy atom. The molecule has 0 aliphatic heterocycles. The summed E-state index contributed by atoms with van der Waals surface area (Å²) in [6.07, 6.45) is 4.09. The van der Waals surface area contributed by atoms with Crippen molar-refractivity contribution in [2.75, 3.05) is 0 Å². The molecule has 0 saturated carbocycles. The molecular formula is C12H14N2. The molecule has 0 atom stereocenters. The van der Waals surface area contributed by atoms with E-state index < -0.39 is 0 Å². The van der Waals surface area contributed by atoms with Crippen LogP contribution >= 0.6 is 0 Å². The molecule has 14 heavy (non-hydrogen) atoms. The van der Waals surface area contributed by atoms with Gasteiger partial charge >= 0.3 is 0 Å². The van der Waals surface area contributed by atoms with E-state index in [9.17, 15) is 0 Å². The van der Waals surface area contributed by atoms with E-state index in [0.717, 1.165) is 0 Å². The van der Waals surface area contributed by atoms with Gasteiger partial charge in [-0.25, -0.2) is 0 Å². The Labute approximate surface area is 84.0 Å². The molecule has 0 saturated heterocycles. The minimum Gasteiger partial charge on any atom is -0.326 e. The lowest BCUT2D eigenvalue weighted by Gasteiger charge is -2.10. The summed E-state index contributed by atoms with van der Waals surface area (Å²) in [7, 11) is 0. The highest BCUT2D eigenvalue weighted by atomic mass is 14.9. The van der Waals surface area contributed by atoms with Gasteiger partial charge in [-0.05, 0) is 36.2 Å². The first kappa shape index (κ1) is 9.03. The Hall–Kier alpha value is -1.54. The summed E-state index contributed by atoms with van der Waals surface area (Å²) < 4.78 is 2.11. The van der Waals surface area contributed by atoms with Crippen molar-refractivity contribution in [3.8, 4) is 5.69 Å². The lowest BCUT2D eigenvalue weighted by atomic mass is 10.1. The van der Waals surface area contributed by atoms with Crippen molar-refractivity contribution < 1.29 is 0 Å². The molecule has 2 heteroatoms. The average molecular weight is 186 g/mol. The fourth-order valence-corrected chi connectivity index (χ4v) is 1.67. The minimum absolute atomic E-state index is 0.598. The molecule has 0 fully saturated rings. The van der Waals surface area contributed by atoms with E-state index in [0.29, 0.717) is 6.54 Å². The van der Waals surface area contributed by atoms with Gasteiger partial charge in [-0.15, -0.1) is 0 Å². The summed E-state index contributed by atoms with van der Waals surface area (Å²) >= 11 is 0. The van der Waals surface area contributed by atoms with Crippen LogP contribution in [0.3, 0.4) is 0 Å². The average Bonchev–Trinajstić information content (AvgIpc) is 2.71. The minimum atomic E-state index is 0.598. The van der Waals surface area contributed by atoms with Gasteiger partial charge in [0.15, 0.2) is 0 Å². The third-order valence-electron chi connectivity index (χ3n) is 2.52. The van der Waals surface area contributed by atoms with Crippen LogP contribution < -0.4 is 5.73 Å². The van der Waals surface area contributed by atoms with Crippen LogP contribution in [0.4, 0.5) is 0 Å². The van der Waals surface area contributed by atoms with Crippen LogP contribution in [0.15, 0.2) is 42.7 Å². The van der Waals surface area contributed by atoms with Gasteiger partial charge < -0.3 is 10.3 Å². The smallest absolute Gasteiger partial charge is 0.0481 e. The second kappa shape index (κ2) is 3.68. The van der Waals surface area contributed by atoms with Crippen LogP contribution in [0.2, 0.25) is 0 Å². The molecule has 1 heterocycles. The highest BCUT2D eigenvalue weighted by Gasteiger charge is 2.02. The number of nitrogens with zero attached hydrogens (tertiary/aromatic N) is 1. The monoisotopic (exact) mass is 186 g/mol. The topological polar surface area (TPSA) is 30.9 Å². The Morgan fingerprint density at radius 2 is 1.86 bits per heavy atom. The van der Waals surface area contributed by atoms with E-state index in [1.165, 1.54) is 16.8 Å². The van der Waals surface area contributed by atoms with E-state index in [4.69, 9.17) is 5.73 Å². The second-order valence-electron chi connectivity index (χ2n) is 3.36. The van der Waals surface area contributed by atoms with Gasteiger partial charge in [0.2, 0.25) is 0 Å². The van der Waals surface area contributed by atoms with Crippen LogP contribution in [-0.4, -0.2) is 4.57 Å². The molecule has 0 bridgehead atoms. The number of benzene rings is 1. The Morgan fingerprint density at radius 1 is 1.14 bits per heavy atom. The van der Waals surface area contributed by atoms with Crippen molar-refractivity contribution in [2.24, 2.45) is 5.73 Å². The van der Waals surface area contributed by atoms with Crippen LogP contribution in [0.5, 0.6) is 0 Å². The van der Waals surface area contributed by atoms with Crippen molar-refractivity contribution >= 4 is 0 Å². The maximum atomic E-state index is 5.66. The summed E-state index contributed by atoms with van der Waals surface area (Å²) in [4.78, 5) is 0. The normalized spacial score (nSPS) is 10.4. The van der Waals surface area contributed by atoms with Crippen LogP contribution in [0.1, 0.15) is 11.1 Å². The number of aromatic nitrogens is 1. The quantitative estimate of drug-likeness (QED) is 0.766.